The highest BCUT2D eigenvalue weighted by molar-refractivity contribution is 5.94. The van der Waals surface area contributed by atoms with Crippen molar-refractivity contribution in [3.63, 3.8) is 0 Å². The molecule has 1 aliphatic rings. The van der Waals surface area contributed by atoms with Gasteiger partial charge in [-0.1, -0.05) is 42.5 Å². The number of hydrogen-bond acceptors (Lipinski definition) is 4. The molecule has 2 heterocycles. The number of carbonyl (C=O) groups excluding carboxylic acids is 1. The van der Waals surface area contributed by atoms with E-state index in [4.69, 9.17) is 5.11 Å². The second-order valence-electron chi connectivity index (χ2n) is 8.64. The molecule has 1 saturated heterocycles. The van der Waals surface area contributed by atoms with E-state index in [1.165, 1.54) is 5.56 Å². The van der Waals surface area contributed by atoms with E-state index in [1.807, 2.05) is 41.4 Å². The number of rotatable bonds is 7. The maximum Gasteiger partial charge on any atom is 0.404 e. The zero-order valence-electron chi connectivity index (χ0n) is 19.0. The zero-order valence-corrected chi connectivity index (χ0v) is 19.0. The Hall–Kier alpha value is -3.87. The van der Waals surface area contributed by atoms with Gasteiger partial charge in [0.25, 0.3) is 5.91 Å². The van der Waals surface area contributed by atoms with Crippen molar-refractivity contribution in [2.75, 3.05) is 13.1 Å². The smallest absolute Gasteiger partial charge is 0.404 e. The number of pyridine rings is 1. The van der Waals surface area contributed by atoms with Crippen molar-refractivity contribution in [3.05, 3.63) is 94.8 Å². The Morgan fingerprint density at radius 3 is 2.44 bits per heavy atom. The molecule has 0 bridgehead atoms. The van der Waals surface area contributed by atoms with E-state index in [0.29, 0.717) is 31.5 Å². The zero-order chi connectivity index (χ0) is 23.9. The van der Waals surface area contributed by atoms with Crippen molar-refractivity contribution < 1.29 is 19.8 Å². The Morgan fingerprint density at radius 1 is 0.971 bits per heavy atom. The predicted molar refractivity (Wildman–Crippen MR) is 129 cm³/mol. The van der Waals surface area contributed by atoms with Crippen molar-refractivity contribution in [2.45, 2.75) is 38.1 Å². The fourth-order valence-electron chi connectivity index (χ4n) is 4.62. The van der Waals surface area contributed by atoms with Gasteiger partial charge >= 0.3 is 6.09 Å². The van der Waals surface area contributed by atoms with Gasteiger partial charge in [-0.2, -0.15) is 0 Å². The van der Waals surface area contributed by atoms with Crippen LogP contribution in [0.15, 0.2) is 67.0 Å². The molecular weight excluding hydrogens is 430 g/mol. The molecule has 3 aromatic rings. The molecule has 0 radical (unpaired) electrons. The molecule has 2 aromatic carbocycles. The number of phenolic OH excluding ortho intramolecular Hbond substituents is 1. The molecule has 3 N–H and O–H groups in total. The molecule has 7 heteroatoms. The van der Waals surface area contributed by atoms with Crippen molar-refractivity contribution in [2.24, 2.45) is 0 Å². The summed E-state index contributed by atoms with van der Waals surface area (Å²) in [7, 11) is 0. The lowest BCUT2D eigenvalue weighted by molar-refractivity contribution is 0.0711. The average Bonchev–Trinajstić information content (AvgIpc) is 2.87. The summed E-state index contributed by atoms with van der Waals surface area (Å²) >= 11 is 0. The summed E-state index contributed by atoms with van der Waals surface area (Å²) in [6.45, 7) is 1.27. The molecule has 176 valence electrons. The number of carbonyl (C=O) groups is 2. The van der Waals surface area contributed by atoms with Crippen LogP contribution in [0, 0.1) is 0 Å². The average molecular weight is 460 g/mol. The highest BCUT2D eigenvalue weighted by atomic mass is 16.4. The molecule has 0 saturated carbocycles. The Balaban J connectivity index is 1.38. The number of aromatic nitrogens is 1. The summed E-state index contributed by atoms with van der Waals surface area (Å²) in [5, 5.41) is 21.8. The van der Waals surface area contributed by atoms with Gasteiger partial charge in [0.2, 0.25) is 0 Å². The van der Waals surface area contributed by atoms with Crippen LogP contribution in [0.4, 0.5) is 4.79 Å². The monoisotopic (exact) mass is 459 g/mol. The van der Waals surface area contributed by atoms with Gasteiger partial charge in [-0.15, -0.1) is 0 Å². The summed E-state index contributed by atoms with van der Waals surface area (Å²) in [6.07, 6.45) is 5.45. The van der Waals surface area contributed by atoms with Gasteiger partial charge in [-0.3, -0.25) is 9.78 Å². The van der Waals surface area contributed by atoms with Gasteiger partial charge < -0.3 is 20.4 Å². The van der Waals surface area contributed by atoms with E-state index in [2.05, 4.69) is 22.4 Å². The Morgan fingerprint density at radius 2 is 1.71 bits per heavy atom. The van der Waals surface area contributed by atoms with Gasteiger partial charge in [-0.25, -0.2) is 4.79 Å². The quantitative estimate of drug-likeness (QED) is 0.487. The lowest BCUT2D eigenvalue weighted by atomic mass is 9.85. The number of likely N-dealkylation sites (tertiary alicyclic amines) is 1. The van der Waals surface area contributed by atoms with E-state index in [9.17, 15) is 14.7 Å². The minimum absolute atomic E-state index is 0.0300. The van der Waals surface area contributed by atoms with Crippen molar-refractivity contribution in [1.29, 1.82) is 0 Å². The molecule has 1 aromatic heterocycles. The minimum Gasteiger partial charge on any atom is -0.508 e. The Kier molecular flexibility index (Phi) is 7.42. The first kappa shape index (κ1) is 23.3. The second kappa shape index (κ2) is 10.8. The molecule has 0 aliphatic carbocycles. The second-order valence-corrected chi connectivity index (χ2v) is 8.64. The molecule has 1 aliphatic heterocycles. The third kappa shape index (κ3) is 5.73. The molecule has 34 heavy (non-hydrogen) atoms. The van der Waals surface area contributed by atoms with Crippen molar-refractivity contribution in [1.82, 2.24) is 15.2 Å². The fraction of sp³-hybridized carbons (Fsp3) is 0.296. The van der Waals surface area contributed by atoms with Crippen LogP contribution in [0.3, 0.4) is 0 Å². The van der Waals surface area contributed by atoms with Crippen LogP contribution in [-0.2, 0) is 19.4 Å². The molecule has 0 atom stereocenters. The van der Waals surface area contributed by atoms with Crippen LogP contribution in [0.25, 0.3) is 0 Å². The third-order valence-corrected chi connectivity index (χ3v) is 6.38. The number of phenols is 1. The van der Waals surface area contributed by atoms with Gasteiger partial charge in [-0.05, 0) is 60.4 Å². The lowest BCUT2D eigenvalue weighted by Crippen LogP contribution is -2.38. The molecule has 0 spiro atoms. The van der Waals surface area contributed by atoms with E-state index in [0.717, 1.165) is 29.5 Å². The first-order chi connectivity index (χ1) is 16.5. The number of aromatic hydroxyl groups is 1. The molecule has 4 rings (SSSR count). The van der Waals surface area contributed by atoms with Gasteiger partial charge in [0.1, 0.15) is 5.75 Å². The van der Waals surface area contributed by atoms with E-state index in [1.54, 1.807) is 18.3 Å². The summed E-state index contributed by atoms with van der Waals surface area (Å²) in [6, 6.07) is 17.4. The van der Waals surface area contributed by atoms with Crippen LogP contribution in [-0.4, -0.2) is 45.2 Å². The topological polar surface area (TPSA) is 103 Å². The maximum absolute atomic E-state index is 13.1. The number of nitrogens with one attached hydrogen (secondary N) is 1. The Labute approximate surface area is 199 Å². The largest absolute Gasteiger partial charge is 0.508 e. The van der Waals surface area contributed by atoms with Crippen LogP contribution in [0.5, 0.6) is 5.75 Å². The molecular formula is C27H29N3O4. The SMILES string of the molecule is O=C(O)NCc1cccc(O)c1C1CCN(C(=O)c2cncc(CCc3ccccc3)c2)CC1. The number of carboxylic acid groups (broad SMARTS) is 1. The van der Waals surface area contributed by atoms with Gasteiger partial charge in [0.15, 0.2) is 0 Å². The van der Waals surface area contributed by atoms with E-state index < -0.39 is 6.09 Å². The van der Waals surface area contributed by atoms with Crippen molar-refractivity contribution >= 4 is 12.0 Å². The van der Waals surface area contributed by atoms with E-state index >= 15 is 0 Å². The fourth-order valence-corrected chi connectivity index (χ4v) is 4.62. The standard InChI is InChI=1S/C27H29N3O4/c31-24-8-4-7-22(18-29-27(33)34)25(24)21-11-13-30(14-12-21)26(32)23-15-20(16-28-17-23)10-9-19-5-2-1-3-6-19/h1-8,15-17,21,29,31H,9-14,18H2,(H,33,34). The molecule has 7 nitrogen and oxygen atoms in total. The van der Waals surface area contributed by atoms with Gasteiger partial charge in [0.05, 0.1) is 5.56 Å². The summed E-state index contributed by atoms with van der Waals surface area (Å²) in [4.78, 5) is 30.2. The molecule has 0 unspecified atom stereocenters. The highest BCUT2D eigenvalue weighted by Gasteiger charge is 2.28. The van der Waals surface area contributed by atoms with E-state index in [-0.39, 0.29) is 24.1 Å². The summed E-state index contributed by atoms with van der Waals surface area (Å²) in [5.41, 5.74) is 4.42. The van der Waals surface area contributed by atoms with Crippen molar-refractivity contribution in [3.8, 4) is 5.75 Å². The molecule has 2 amide bonds. The Bertz CT molecular complexity index is 1140. The lowest BCUT2D eigenvalue weighted by Gasteiger charge is -2.33. The van der Waals surface area contributed by atoms with Crippen LogP contribution in [0.1, 0.15) is 51.4 Å². The van der Waals surface area contributed by atoms with Crippen LogP contribution < -0.4 is 5.32 Å². The summed E-state index contributed by atoms with van der Waals surface area (Å²) < 4.78 is 0. The number of benzene rings is 2. The minimum atomic E-state index is -1.10. The number of hydrogen-bond donors (Lipinski definition) is 3. The number of aryl methyl sites for hydroxylation is 2. The number of piperidine rings is 1. The highest BCUT2D eigenvalue weighted by Crippen LogP contribution is 2.36. The normalized spacial score (nSPS) is 14.1. The maximum atomic E-state index is 13.1. The molecule has 1 fully saturated rings. The number of nitrogens with zero attached hydrogens (tertiary/aromatic N) is 2. The predicted octanol–water partition coefficient (Wildman–Crippen LogP) is 4.36. The number of amides is 2. The van der Waals surface area contributed by atoms with Crippen LogP contribution in [0.2, 0.25) is 0 Å². The van der Waals surface area contributed by atoms with Crippen LogP contribution >= 0.6 is 0 Å². The third-order valence-electron chi connectivity index (χ3n) is 6.38. The van der Waals surface area contributed by atoms with Gasteiger partial charge in [0, 0.05) is 37.6 Å². The summed E-state index contributed by atoms with van der Waals surface area (Å²) in [5.74, 6) is 0.202. The first-order valence-corrected chi connectivity index (χ1v) is 11.6. The first-order valence-electron chi connectivity index (χ1n) is 11.6.